The quantitative estimate of drug-likeness (QED) is 0.841. The van der Waals surface area contributed by atoms with Crippen molar-refractivity contribution in [1.82, 2.24) is 20.1 Å². The molecule has 3 heterocycles. The third-order valence-electron chi connectivity index (χ3n) is 4.04. The molecule has 2 aromatic rings. The summed E-state index contributed by atoms with van der Waals surface area (Å²) in [5, 5.41) is 4.30. The fraction of sp³-hybridized carbons (Fsp3) is 0.412. The molecular formula is C17H22N4S2. The topological polar surface area (TPSA) is 31.4 Å². The van der Waals surface area contributed by atoms with E-state index in [2.05, 4.69) is 59.3 Å². The summed E-state index contributed by atoms with van der Waals surface area (Å²) >= 11 is 7.47. The highest BCUT2D eigenvalue weighted by Crippen LogP contribution is 2.40. The molecule has 0 spiro atoms. The van der Waals surface area contributed by atoms with Gasteiger partial charge in [-0.1, -0.05) is 6.07 Å². The molecule has 1 N–H and O–H groups in total. The Morgan fingerprint density at radius 1 is 1.30 bits per heavy atom. The smallest absolute Gasteiger partial charge is 0.170 e. The van der Waals surface area contributed by atoms with Crippen LogP contribution in [0.3, 0.4) is 0 Å². The van der Waals surface area contributed by atoms with Gasteiger partial charge in [0.25, 0.3) is 0 Å². The third-order valence-corrected chi connectivity index (χ3v) is 5.46. The van der Waals surface area contributed by atoms with E-state index in [0.717, 1.165) is 23.9 Å². The summed E-state index contributed by atoms with van der Waals surface area (Å²) in [6.07, 6.45) is 1.85. The van der Waals surface area contributed by atoms with Gasteiger partial charge in [0.15, 0.2) is 5.11 Å². The number of hydrogen-bond donors (Lipinski definition) is 1. The normalized spacial score (nSPS) is 21.0. The molecule has 4 nitrogen and oxygen atoms in total. The van der Waals surface area contributed by atoms with Crippen molar-refractivity contribution in [3.63, 3.8) is 0 Å². The second kappa shape index (κ2) is 6.95. The van der Waals surface area contributed by atoms with Gasteiger partial charge in [-0.15, -0.1) is 11.3 Å². The number of aryl methyl sites for hydroxylation is 1. The molecule has 2 atom stereocenters. The molecule has 0 aliphatic carbocycles. The van der Waals surface area contributed by atoms with Crippen LogP contribution in [-0.4, -0.2) is 47.1 Å². The zero-order valence-corrected chi connectivity index (χ0v) is 15.3. The van der Waals surface area contributed by atoms with Crippen molar-refractivity contribution in [2.24, 2.45) is 0 Å². The summed E-state index contributed by atoms with van der Waals surface area (Å²) in [4.78, 5) is 11.7. The Hall–Kier alpha value is -1.50. The number of thiophene rings is 1. The highest BCUT2D eigenvalue weighted by molar-refractivity contribution is 7.80. The Labute approximate surface area is 147 Å². The van der Waals surface area contributed by atoms with Crippen LogP contribution in [0.25, 0.3) is 0 Å². The van der Waals surface area contributed by atoms with E-state index in [0.29, 0.717) is 0 Å². The van der Waals surface area contributed by atoms with Gasteiger partial charge < -0.3 is 15.1 Å². The lowest BCUT2D eigenvalue weighted by Crippen LogP contribution is -2.35. The number of aromatic nitrogens is 1. The lowest BCUT2D eigenvalue weighted by atomic mass is 10.0. The van der Waals surface area contributed by atoms with E-state index in [9.17, 15) is 0 Å². The number of hydrogen-bond acceptors (Lipinski definition) is 4. The Kier molecular flexibility index (Phi) is 4.94. The monoisotopic (exact) mass is 346 g/mol. The number of thiocarbonyl (C=S) groups is 1. The van der Waals surface area contributed by atoms with Gasteiger partial charge in [-0.3, -0.25) is 4.98 Å². The number of likely N-dealkylation sites (N-methyl/N-ethyl adjacent to an activating group) is 1. The van der Waals surface area contributed by atoms with Crippen LogP contribution in [0.2, 0.25) is 0 Å². The Balaban J connectivity index is 1.94. The number of rotatable bonds is 5. The molecule has 122 valence electrons. The molecule has 0 aromatic carbocycles. The summed E-state index contributed by atoms with van der Waals surface area (Å²) in [5.41, 5.74) is 1.04. The average Bonchev–Trinajstić information content (AvgIpc) is 3.09. The van der Waals surface area contributed by atoms with E-state index in [1.54, 1.807) is 0 Å². The van der Waals surface area contributed by atoms with Crippen molar-refractivity contribution >= 4 is 28.7 Å². The molecule has 0 unspecified atom stereocenters. The van der Waals surface area contributed by atoms with Crippen molar-refractivity contribution in [3.8, 4) is 0 Å². The first-order valence-electron chi connectivity index (χ1n) is 7.75. The van der Waals surface area contributed by atoms with Gasteiger partial charge in [-0.05, 0) is 57.5 Å². The highest BCUT2D eigenvalue weighted by Gasteiger charge is 2.40. The molecule has 0 saturated carbocycles. The minimum absolute atomic E-state index is 0.101. The van der Waals surface area contributed by atoms with E-state index in [4.69, 9.17) is 12.2 Å². The summed E-state index contributed by atoms with van der Waals surface area (Å²) in [6.45, 7) is 4.02. The minimum atomic E-state index is 0.101. The van der Waals surface area contributed by atoms with Gasteiger partial charge in [0.2, 0.25) is 0 Å². The van der Waals surface area contributed by atoms with E-state index < -0.39 is 0 Å². The Bertz CT molecular complexity index is 668. The predicted octanol–water partition coefficient (Wildman–Crippen LogP) is 2.99. The zero-order chi connectivity index (χ0) is 16.4. The van der Waals surface area contributed by atoms with Crippen LogP contribution < -0.4 is 5.32 Å². The van der Waals surface area contributed by atoms with Crippen LogP contribution in [0.15, 0.2) is 36.5 Å². The van der Waals surface area contributed by atoms with Gasteiger partial charge in [-0.25, -0.2) is 0 Å². The lowest BCUT2D eigenvalue weighted by molar-refractivity contribution is 0.280. The molecule has 0 amide bonds. The largest absolute Gasteiger partial charge is 0.352 e. The molecule has 23 heavy (non-hydrogen) atoms. The molecule has 1 fully saturated rings. The first-order chi connectivity index (χ1) is 11.1. The molecular weight excluding hydrogens is 324 g/mol. The van der Waals surface area contributed by atoms with E-state index >= 15 is 0 Å². The first-order valence-corrected chi connectivity index (χ1v) is 8.98. The fourth-order valence-corrected chi connectivity index (χ4v) is 4.24. The van der Waals surface area contributed by atoms with Gasteiger partial charge in [-0.2, -0.15) is 0 Å². The van der Waals surface area contributed by atoms with Crippen LogP contribution in [0.4, 0.5) is 0 Å². The molecule has 0 bridgehead atoms. The van der Waals surface area contributed by atoms with Crippen LogP contribution in [0.5, 0.6) is 0 Å². The van der Waals surface area contributed by atoms with Crippen LogP contribution in [0.1, 0.15) is 27.5 Å². The SMILES string of the molecule is Cc1ccc([C@H]2[C@@H](c3ccccn3)NC(=S)N2CCN(C)C)s1. The van der Waals surface area contributed by atoms with Crippen molar-refractivity contribution in [1.29, 1.82) is 0 Å². The van der Waals surface area contributed by atoms with Gasteiger partial charge in [0.1, 0.15) is 0 Å². The highest BCUT2D eigenvalue weighted by atomic mass is 32.1. The number of pyridine rings is 1. The second-order valence-electron chi connectivity index (χ2n) is 6.07. The lowest BCUT2D eigenvalue weighted by Gasteiger charge is -2.27. The predicted molar refractivity (Wildman–Crippen MR) is 99.8 cm³/mol. The van der Waals surface area contributed by atoms with Crippen molar-refractivity contribution in [2.75, 3.05) is 27.2 Å². The molecule has 1 saturated heterocycles. The van der Waals surface area contributed by atoms with Crippen molar-refractivity contribution in [2.45, 2.75) is 19.0 Å². The maximum atomic E-state index is 5.63. The van der Waals surface area contributed by atoms with Crippen molar-refractivity contribution < 1.29 is 0 Å². The van der Waals surface area contributed by atoms with Crippen molar-refractivity contribution in [3.05, 3.63) is 52.0 Å². The summed E-state index contributed by atoms with van der Waals surface area (Å²) in [5.74, 6) is 0. The standard InChI is InChI=1S/C17H22N4S2/c1-12-7-8-14(23-12)16-15(13-6-4-5-9-18-13)19-17(22)21(16)11-10-20(2)3/h4-9,15-16H,10-11H2,1-3H3,(H,19,22)/t15-,16+/m1/s1. The average molecular weight is 347 g/mol. The zero-order valence-electron chi connectivity index (χ0n) is 13.7. The number of nitrogens with zero attached hydrogens (tertiary/aromatic N) is 3. The molecule has 0 radical (unpaired) electrons. The Morgan fingerprint density at radius 2 is 2.13 bits per heavy atom. The van der Waals surface area contributed by atoms with Crippen LogP contribution >= 0.6 is 23.6 Å². The van der Waals surface area contributed by atoms with Crippen LogP contribution in [-0.2, 0) is 0 Å². The molecule has 2 aromatic heterocycles. The van der Waals surface area contributed by atoms with Gasteiger partial charge in [0.05, 0.1) is 17.8 Å². The van der Waals surface area contributed by atoms with E-state index in [-0.39, 0.29) is 12.1 Å². The molecule has 1 aliphatic heterocycles. The molecule has 1 aliphatic rings. The third kappa shape index (κ3) is 3.54. The summed E-state index contributed by atoms with van der Waals surface area (Å²) < 4.78 is 0. The number of nitrogens with one attached hydrogen (secondary N) is 1. The van der Waals surface area contributed by atoms with E-state index in [1.807, 2.05) is 29.7 Å². The van der Waals surface area contributed by atoms with Gasteiger partial charge >= 0.3 is 0 Å². The second-order valence-corrected chi connectivity index (χ2v) is 7.78. The maximum Gasteiger partial charge on any atom is 0.170 e. The first kappa shape index (κ1) is 16.4. The minimum Gasteiger partial charge on any atom is -0.352 e. The summed E-state index contributed by atoms with van der Waals surface area (Å²) in [6, 6.07) is 10.8. The molecule has 6 heteroatoms. The Morgan fingerprint density at radius 3 is 2.74 bits per heavy atom. The maximum absolute atomic E-state index is 5.63. The summed E-state index contributed by atoms with van der Waals surface area (Å²) in [7, 11) is 4.18. The van der Waals surface area contributed by atoms with E-state index in [1.165, 1.54) is 9.75 Å². The molecule has 3 rings (SSSR count). The fourth-order valence-electron chi connectivity index (χ4n) is 2.88. The van der Waals surface area contributed by atoms with Crippen LogP contribution in [0, 0.1) is 6.92 Å². The van der Waals surface area contributed by atoms with Gasteiger partial charge in [0, 0.05) is 29.0 Å².